The van der Waals surface area contributed by atoms with Crippen LogP contribution < -0.4 is 10.2 Å². The molecule has 8 nitrogen and oxygen atoms in total. The molecule has 2 saturated carbocycles. The number of halogens is 1. The van der Waals surface area contributed by atoms with Crippen molar-refractivity contribution in [2.45, 2.75) is 42.0 Å². The molecule has 0 spiro atoms. The number of aliphatic hydroxyl groups excluding tert-OH is 1. The van der Waals surface area contributed by atoms with Gasteiger partial charge in [0.15, 0.2) is 0 Å². The highest BCUT2D eigenvalue weighted by molar-refractivity contribution is 7.85. The Kier molecular flexibility index (Phi) is 4.68. The minimum atomic E-state index is -1.18. The van der Waals surface area contributed by atoms with Gasteiger partial charge in [0.05, 0.1) is 44.2 Å². The fourth-order valence-electron chi connectivity index (χ4n) is 5.53. The van der Waals surface area contributed by atoms with E-state index in [4.69, 9.17) is 16.6 Å². The van der Waals surface area contributed by atoms with Gasteiger partial charge in [0, 0.05) is 43.6 Å². The average Bonchev–Trinajstić information content (AvgIpc) is 3.08. The number of anilines is 2. The number of aromatic nitrogens is 3. The lowest BCUT2D eigenvalue weighted by molar-refractivity contribution is 0.144. The molecule has 0 amide bonds. The molecule has 0 radical (unpaired) electrons. The van der Waals surface area contributed by atoms with Crippen LogP contribution in [0.1, 0.15) is 42.3 Å². The highest BCUT2D eigenvalue weighted by atomic mass is 35.5. The molecule has 0 bridgehead atoms. The number of nitriles is 1. The molecule has 0 aromatic carbocycles. The van der Waals surface area contributed by atoms with Crippen molar-refractivity contribution in [2.24, 2.45) is 11.8 Å². The van der Waals surface area contributed by atoms with Crippen molar-refractivity contribution in [3.05, 3.63) is 34.5 Å². The van der Waals surface area contributed by atoms with Crippen LogP contribution in [0, 0.1) is 23.2 Å². The zero-order chi connectivity index (χ0) is 22.0. The van der Waals surface area contributed by atoms with Crippen LogP contribution in [-0.4, -0.2) is 55.3 Å². The normalized spacial score (nSPS) is 29.1. The highest BCUT2D eigenvalue weighted by Gasteiger charge is 2.58. The first kappa shape index (κ1) is 20.3. The van der Waals surface area contributed by atoms with Crippen LogP contribution in [0.25, 0.3) is 0 Å². The number of piperidine rings is 1. The van der Waals surface area contributed by atoms with Crippen LogP contribution in [0.2, 0.25) is 5.02 Å². The fourth-order valence-corrected chi connectivity index (χ4v) is 7.00. The van der Waals surface area contributed by atoms with Crippen LogP contribution in [-0.2, 0) is 17.2 Å². The van der Waals surface area contributed by atoms with E-state index >= 15 is 0 Å². The minimum Gasteiger partial charge on any atom is -0.394 e. The number of aliphatic hydroxyl groups is 1. The maximum absolute atomic E-state index is 12.8. The molecule has 4 aliphatic rings. The summed E-state index contributed by atoms with van der Waals surface area (Å²) in [5, 5.41) is 24.1. The Hall–Kier alpha value is -2.28. The van der Waals surface area contributed by atoms with Gasteiger partial charge in [0.2, 0.25) is 0 Å². The molecule has 3 atom stereocenters. The van der Waals surface area contributed by atoms with Gasteiger partial charge >= 0.3 is 0 Å². The molecule has 32 heavy (non-hydrogen) atoms. The van der Waals surface area contributed by atoms with Crippen molar-refractivity contribution in [3.8, 4) is 6.07 Å². The second-order valence-corrected chi connectivity index (χ2v) is 11.3. The summed E-state index contributed by atoms with van der Waals surface area (Å²) in [5.41, 5.74) is 1.44. The average molecular weight is 471 g/mol. The van der Waals surface area contributed by atoms with Crippen molar-refractivity contribution in [3.63, 3.8) is 0 Å². The zero-order valence-electron chi connectivity index (χ0n) is 17.4. The van der Waals surface area contributed by atoms with Crippen molar-refractivity contribution in [1.29, 1.82) is 5.26 Å². The first-order valence-electron chi connectivity index (χ1n) is 11.0. The molecule has 2 aromatic heterocycles. The molecule has 2 aliphatic carbocycles. The molecule has 166 valence electrons. The Balaban J connectivity index is 1.32. The third-order valence-electron chi connectivity index (χ3n) is 7.50. The van der Waals surface area contributed by atoms with Gasteiger partial charge in [-0.3, -0.25) is 4.21 Å². The van der Waals surface area contributed by atoms with Gasteiger partial charge in [-0.2, -0.15) is 5.26 Å². The molecule has 2 aromatic rings. The topological polar surface area (TPSA) is 115 Å². The van der Waals surface area contributed by atoms with Crippen LogP contribution in [0.4, 0.5) is 11.5 Å². The monoisotopic (exact) mass is 470 g/mol. The lowest BCUT2D eigenvalue weighted by Crippen LogP contribution is -2.48. The first-order valence-corrected chi connectivity index (χ1v) is 12.7. The van der Waals surface area contributed by atoms with Crippen molar-refractivity contribution >= 4 is 33.9 Å². The molecule has 4 heterocycles. The van der Waals surface area contributed by atoms with Crippen LogP contribution in [0.3, 0.4) is 0 Å². The second-order valence-electron chi connectivity index (χ2n) is 9.31. The highest BCUT2D eigenvalue weighted by Crippen LogP contribution is 2.58. The van der Waals surface area contributed by atoms with E-state index in [9.17, 15) is 14.6 Å². The van der Waals surface area contributed by atoms with Gasteiger partial charge in [-0.1, -0.05) is 11.6 Å². The van der Waals surface area contributed by atoms with E-state index < -0.39 is 16.3 Å². The maximum atomic E-state index is 12.8. The Morgan fingerprint density at radius 1 is 1.31 bits per heavy atom. The standard InChI is InChI=1S/C22H23ClN6O2S/c23-12-7-25-20(26-8-12)17-14-9-29(10-15(14)17)21-13(6-24)18(28-22(11-30)3-1-4-22)19-16(27-21)2-5-32(19)31/h7-8,14-15,17,30H,1-5,9-11H2,(H,27,28). The number of rotatable bonds is 5. The summed E-state index contributed by atoms with van der Waals surface area (Å²) in [6.45, 7) is 1.57. The molecule has 6 rings (SSSR count). The second kappa shape index (κ2) is 7.37. The van der Waals surface area contributed by atoms with E-state index in [2.05, 4.69) is 26.3 Å². The Labute approximate surface area is 193 Å². The predicted octanol–water partition coefficient (Wildman–Crippen LogP) is 2.24. The van der Waals surface area contributed by atoms with E-state index in [0.29, 0.717) is 56.9 Å². The van der Waals surface area contributed by atoms with E-state index in [0.717, 1.165) is 43.9 Å². The number of pyridine rings is 1. The SMILES string of the molecule is N#Cc1c(N2CC3C(C2)C3c2ncc(Cl)cn2)nc2c(c1NC1(CO)CCC1)S(=O)CC2. The van der Waals surface area contributed by atoms with Crippen LogP contribution >= 0.6 is 11.6 Å². The largest absolute Gasteiger partial charge is 0.394 e. The Morgan fingerprint density at radius 3 is 2.62 bits per heavy atom. The maximum Gasteiger partial charge on any atom is 0.149 e. The summed E-state index contributed by atoms with van der Waals surface area (Å²) < 4.78 is 12.8. The molecule has 10 heteroatoms. The van der Waals surface area contributed by atoms with Gasteiger partial charge in [-0.15, -0.1) is 0 Å². The fraction of sp³-hybridized carbons (Fsp3) is 0.545. The summed E-state index contributed by atoms with van der Waals surface area (Å²) in [7, 11) is -1.18. The molecule has 3 fully saturated rings. The summed E-state index contributed by atoms with van der Waals surface area (Å²) in [5.74, 6) is 3.21. The zero-order valence-corrected chi connectivity index (χ0v) is 19.0. The smallest absolute Gasteiger partial charge is 0.149 e. The summed E-state index contributed by atoms with van der Waals surface area (Å²) >= 11 is 5.92. The first-order chi connectivity index (χ1) is 15.5. The number of fused-ring (bicyclic) bond motifs is 2. The van der Waals surface area contributed by atoms with Crippen molar-refractivity contribution in [1.82, 2.24) is 15.0 Å². The van der Waals surface area contributed by atoms with Crippen LogP contribution in [0.15, 0.2) is 17.3 Å². The lowest BCUT2D eigenvalue weighted by atomic mass is 9.77. The van der Waals surface area contributed by atoms with Gasteiger partial charge < -0.3 is 15.3 Å². The van der Waals surface area contributed by atoms with E-state index in [1.54, 1.807) is 12.4 Å². The number of hydrogen-bond acceptors (Lipinski definition) is 8. The molecule has 2 aliphatic heterocycles. The number of nitrogens with zero attached hydrogens (tertiary/aromatic N) is 5. The predicted molar refractivity (Wildman–Crippen MR) is 120 cm³/mol. The van der Waals surface area contributed by atoms with Crippen molar-refractivity contribution < 1.29 is 9.32 Å². The van der Waals surface area contributed by atoms with Crippen LogP contribution in [0.5, 0.6) is 0 Å². The number of aryl methyl sites for hydroxylation is 1. The van der Waals surface area contributed by atoms with Gasteiger partial charge in [-0.05, 0) is 31.1 Å². The minimum absolute atomic E-state index is 0.00638. The lowest BCUT2D eigenvalue weighted by Gasteiger charge is -2.42. The van der Waals surface area contributed by atoms with E-state index in [-0.39, 0.29) is 6.61 Å². The van der Waals surface area contributed by atoms with Crippen molar-refractivity contribution in [2.75, 3.05) is 35.7 Å². The number of nitrogens with one attached hydrogen (secondary N) is 1. The van der Waals surface area contributed by atoms with Gasteiger partial charge in [0.25, 0.3) is 0 Å². The Bertz CT molecular complexity index is 1140. The Morgan fingerprint density at radius 2 is 2.03 bits per heavy atom. The van der Waals surface area contributed by atoms with Gasteiger partial charge in [-0.25, -0.2) is 15.0 Å². The quantitative estimate of drug-likeness (QED) is 0.683. The molecule has 2 N–H and O–H groups in total. The van der Waals surface area contributed by atoms with E-state index in [1.807, 2.05) is 0 Å². The number of hydrogen-bond donors (Lipinski definition) is 2. The molecule has 3 unspecified atom stereocenters. The molecular formula is C22H23ClN6O2S. The summed E-state index contributed by atoms with van der Waals surface area (Å²) in [4.78, 5) is 16.5. The third kappa shape index (κ3) is 3.04. The molecule has 1 saturated heterocycles. The summed E-state index contributed by atoms with van der Waals surface area (Å²) in [6, 6.07) is 2.34. The van der Waals surface area contributed by atoms with Gasteiger partial charge in [0.1, 0.15) is 23.3 Å². The summed E-state index contributed by atoms with van der Waals surface area (Å²) in [6.07, 6.45) is 6.63. The van der Waals surface area contributed by atoms with E-state index in [1.165, 1.54) is 0 Å². The molecular weight excluding hydrogens is 448 g/mol. The third-order valence-corrected chi connectivity index (χ3v) is 9.17.